The van der Waals surface area contributed by atoms with Gasteiger partial charge in [-0.15, -0.1) is 0 Å². The number of nitrogens with two attached hydrogens (primary N) is 1. The van der Waals surface area contributed by atoms with Gasteiger partial charge < -0.3 is 10.8 Å². The van der Waals surface area contributed by atoms with Crippen LogP contribution in [0.5, 0.6) is 0 Å². The summed E-state index contributed by atoms with van der Waals surface area (Å²) in [6, 6.07) is 6.13. The summed E-state index contributed by atoms with van der Waals surface area (Å²) in [5.74, 6) is 0.224. The van der Waals surface area contributed by atoms with Gasteiger partial charge in [-0.1, -0.05) is 51.8 Å². The highest BCUT2D eigenvalue weighted by Gasteiger charge is 2.35. The molecule has 0 aliphatic rings. The van der Waals surface area contributed by atoms with E-state index >= 15 is 0 Å². The standard InChI is InChI=1S/C18H29NO/c1-6-7-11-18(20,17(12-19)13(2)3)16-10-8-9-14(4)15(16)5/h8-10,12-13,20H,6-7,11,19H2,1-5H3/b17-12+. The first-order chi connectivity index (χ1) is 9.38. The number of aliphatic hydroxyl groups is 1. The van der Waals surface area contributed by atoms with Crippen molar-refractivity contribution in [3.05, 3.63) is 46.7 Å². The van der Waals surface area contributed by atoms with Crippen molar-refractivity contribution in [3.8, 4) is 0 Å². The quantitative estimate of drug-likeness (QED) is 0.818. The van der Waals surface area contributed by atoms with Gasteiger partial charge in [0.05, 0.1) is 0 Å². The van der Waals surface area contributed by atoms with E-state index in [4.69, 9.17) is 5.73 Å². The van der Waals surface area contributed by atoms with Gasteiger partial charge in [0, 0.05) is 0 Å². The predicted octanol–water partition coefficient (Wildman–Crippen LogP) is 4.18. The molecule has 0 aliphatic carbocycles. The Bertz CT molecular complexity index is 476. The Kier molecular flexibility index (Phi) is 5.82. The average molecular weight is 275 g/mol. The van der Waals surface area contributed by atoms with Gasteiger partial charge in [0.25, 0.3) is 0 Å². The summed E-state index contributed by atoms with van der Waals surface area (Å²) in [4.78, 5) is 0. The molecule has 0 heterocycles. The van der Waals surface area contributed by atoms with Crippen molar-refractivity contribution in [2.24, 2.45) is 11.7 Å². The molecule has 0 saturated heterocycles. The minimum absolute atomic E-state index is 0.224. The zero-order valence-electron chi connectivity index (χ0n) is 13.5. The summed E-state index contributed by atoms with van der Waals surface area (Å²) in [6.45, 7) is 10.5. The summed E-state index contributed by atoms with van der Waals surface area (Å²) in [7, 11) is 0. The molecule has 20 heavy (non-hydrogen) atoms. The van der Waals surface area contributed by atoms with Crippen molar-refractivity contribution >= 4 is 0 Å². The first kappa shape index (κ1) is 16.8. The number of aryl methyl sites for hydroxylation is 1. The van der Waals surface area contributed by atoms with Crippen LogP contribution in [0, 0.1) is 19.8 Å². The normalized spacial score (nSPS) is 15.4. The number of rotatable bonds is 6. The largest absolute Gasteiger partial charge is 0.405 e. The molecule has 0 amide bonds. The van der Waals surface area contributed by atoms with E-state index in [1.54, 1.807) is 6.20 Å². The van der Waals surface area contributed by atoms with Gasteiger partial charge >= 0.3 is 0 Å². The van der Waals surface area contributed by atoms with E-state index in [-0.39, 0.29) is 5.92 Å². The summed E-state index contributed by atoms with van der Waals surface area (Å²) < 4.78 is 0. The minimum Gasteiger partial charge on any atom is -0.405 e. The van der Waals surface area contributed by atoms with Crippen LogP contribution in [-0.2, 0) is 5.60 Å². The third-order valence-electron chi connectivity index (χ3n) is 4.22. The van der Waals surface area contributed by atoms with E-state index in [9.17, 15) is 5.11 Å². The molecule has 3 N–H and O–H groups in total. The van der Waals surface area contributed by atoms with E-state index in [2.05, 4.69) is 40.7 Å². The van der Waals surface area contributed by atoms with E-state index < -0.39 is 5.60 Å². The predicted molar refractivity (Wildman–Crippen MR) is 86.4 cm³/mol. The van der Waals surface area contributed by atoms with Crippen LogP contribution in [0.15, 0.2) is 30.0 Å². The second-order valence-electron chi connectivity index (χ2n) is 5.99. The number of hydrogen-bond donors (Lipinski definition) is 2. The van der Waals surface area contributed by atoms with Crippen LogP contribution in [0.25, 0.3) is 0 Å². The van der Waals surface area contributed by atoms with Gasteiger partial charge in [-0.3, -0.25) is 0 Å². The molecule has 0 spiro atoms. The van der Waals surface area contributed by atoms with Crippen molar-refractivity contribution < 1.29 is 5.11 Å². The lowest BCUT2D eigenvalue weighted by molar-refractivity contribution is 0.0541. The van der Waals surface area contributed by atoms with Gasteiger partial charge in [-0.2, -0.15) is 0 Å². The third kappa shape index (κ3) is 3.24. The molecule has 0 saturated carbocycles. The van der Waals surface area contributed by atoms with Crippen LogP contribution < -0.4 is 5.73 Å². The van der Waals surface area contributed by atoms with E-state index in [1.165, 1.54) is 5.56 Å². The SMILES string of the molecule is CCCCC(O)(/C(=C/N)C(C)C)c1cccc(C)c1C. The highest BCUT2D eigenvalue weighted by Crippen LogP contribution is 2.40. The molecule has 0 radical (unpaired) electrons. The van der Waals surface area contributed by atoms with E-state index in [0.29, 0.717) is 0 Å². The number of unbranched alkanes of at least 4 members (excludes halogenated alkanes) is 1. The Morgan fingerprint density at radius 3 is 2.50 bits per heavy atom. The number of benzene rings is 1. The van der Waals surface area contributed by atoms with Crippen molar-refractivity contribution in [1.82, 2.24) is 0 Å². The Balaban J connectivity index is 3.41. The van der Waals surface area contributed by atoms with Crippen LogP contribution in [0.1, 0.15) is 56.7 Å². The molecule has 1 unspecified atom stereocenters. The molecule has 0 fully saturated rings. The van der Waals surface area contributed by atoms with Gasteiger partial charge in [0.1, 0.15) is 5.60 Å². The summed E-state index contributed by atoms with van der Waals surface area (Å²) in [5, 5.41) is 11.4. The molecule has 0 aromatic heterocycles. The maximum absolute atomic E-state index is 11.4. The fourth-order valence-corrected chi connectivity index (χ4v) is 2.87. The molecule has 2 nitrogen and oxygen atoms in total. The monoisotopic (exact) mass is 275 g/mol. The zero-order chi connectivity index (χ0) is 15.3. The lowest BCUT2D eigenvalue weighted by Gasteiger charge is -2.35. The van der Waals surface area contributed by atoms with Gasteiger partial charge in [-0.25, -0.2) is 0 Å². The Morgan fingerprint density at radius 2 is 2.00 bits per heavy atom. The Labute approximate surface area is 123 Å². The number of hydrogen-bond acceptors (Lipinski definition) is 2. The van der Waals surface area contributed by atoms with Crippen molar-refractivity contribution in [3.63, 3.8) is 0 Å². The van der Waals surface area contributed by atoms with Gasteiger partial charge in [0.15, 0.2) is 0 Å². The van der Waals surface area contributed by atoms with E-state index in [1.807, 2.05) is 12.1 Å². The molecule has 1 rings (SSSR count). The lowest BCUT2D eigenvalue weighted by atomic mass is 9.75. The summed E-state index contributed by atoms with van der Waals surface area (Å²) in [6.07, 6.45) is 4.36. The van der Waals surface area contributed by atoms with E-state index in [0.717, 1.165) is 36.0 Å². The summed E-state index contributed by atoms with van der Waals surface area (Å²) >= 11 is 0. The van der Waals surface area contributed by atoms with Crippen LogP contribution in [0.3, 0.4) is 0 Å². The fraction of sp³-hybridized carbons (Fsp3) is 0.556. The maximum atomic E-state index is 11.4. The molecular weight excluding hydrogens is 246 g/mol. The Hall–Kier alpha value is -1.28. The molecule has 0 aliphatic heterocycles. The highest BCUT2D eigenvalue weighted by molar-refractivity contribution is 5.42. The topological polar surface area (TPSA) is 46.2 Å². The molecule has 1 atom stereocenters. The van der Waals surface area contributed by atoms with Crippen LogP contribution in [0.4, 0.5) is 0 Å². The van der Waals surface area contributed by atoms with Crippen molar-refractivity contribution in [2.75, 3.05) is 0 Å². The second kappa shape index (κ2) is 6.94. The molecule has 1 aromatic rings. The third-order valence-corrected chi connectivity index (χ3v) is 4.22. The molecule has 0 bridgehead atoms. The van der Waals surface area contributed by atoms with Crippen LogP contribution in [-0.4, -0.2) is 5.11 Å². The van der Waals surface area contributed by atoms with Crippen molar-refractivity contribution in [2.45, 2.75) is 59.5 Å². The Morgan fingerprint density at radius 1 is 1.35 bits per heavy atom. The molecule has 1 aromatic carbocycles. The summed E-state index contributed by atoms with van der Waals surface area (Å²) in [5.41, 5.74) is 9.16. The first-order valence-electron chi connectivity index (χ1n) is 7.59. The van der Waals surface area contributed by atoms with Crippen LogP contribution in [0.2, 0.25) is 0 Å². The van der Waals surface area contributed by atoms with Gasteiger partial charge in [-0.05, 0) is 54.6 Å². The average Bonchev–Trinajstić information content (AvgIpc) is 2.39. The van der Waals surface area contributed by atoms with Gasteiger partial charge in [0.2, 0.25) is 0 Å². The molecule has 112 valence electrons. The zero-order valence-corrected chi connectivity index (χ0v) is 13.5. The minimum atomic E-state index is -0.949. The molecular formula is C18H29NO. The lowest BCUT2D eigenvalue weighted by Crippen LogP contribution is -2.32. The van der Waals surface area contributed by atoms with Crippen LogP contribution >= 0.6 is 0 Å². The molecule has 2 heteroatoms. The first-order valence-corrected chi connectivity index (χ1v) is 7.59. The second-order valence-corrected chi connectivity index (χ2v) is 5.99. The fourth-order valence-electron chi connectivity index (χ4n) is 2.87. The van der Waals surface area contributed by atoms with Crippen molar-refractivity contribution in [1.29, 1.82) is 0 Å². The maximum Gasteiger partial charge on any atom is 0.113 e. The highest BCUT2D eigenvalue weighted by atomic mass is 16.3. The smallest absolute Gasteiger partial charge is 0.113 e.